The van der Waals surface area contributed by atoms with Crippen LogP contribution >= 0.6 is 0 Å². The molecule has 1 aliphatic heterocycles. The number of halogens is 2. The van der Waals surface area contributed by atoms with Crippen LogP contribution < -0.4 is 0 Å². The summed E-state index contributed by atoms with van der Waals surface area (Å²) in [5.74, 6) is -4.92. The third kappa shape index (κ3) is 2.40. The molecule has 1 heterocycles. The third-order valence-corrected chi connectivity index (χ3v) is 1.91. The minimum atomic E-state index is -2.87. The molecule has 14 heavy (non-hydrogen) atoms. The summed E-state index contributed by atoms with van der Waals surface area (Å²) < 4.78 is 29.7. The van der Waals surface area contributed by atoms with Crippen LogP contribution in [0.2, 0.25) is 0 Å². The van der Waals surface area contributed by atoms with Crippen LogP contribution in [0.3, 0.4) is 0 Å². The lowest BCUT2D eigenvalue weighted by Crippen LogP contribution is -2.37. The van der Waals surface area contributed by atoms with Crippen molar-refractivity contribution in [3.05, 3.63) is 0 Å². The first kappa shape index (κ1) is 10.9. The van der Waals surface area contributed by atoms with Crippen molar-refractivity contribution in [3.8, 4) is 0 Å². The molecule has 1 rings (SSSR count). The molecule has 0 aromatic heterocycles. The van der Waals surface area contributed by atoms with Gasteiger partial charge in [0.2, 0.25) is 0 Å². The second-order valence-corrected chi connectivity index (χ2v) is 3.05. The number of hydrogen-bond donors (Lipinski definition) is 0. The Morgan fingerprint density at radius 1 is 1.50 bits per heavy atom. The standard InChI is InChI=1S/C8H11F2NO3/c1-2-14-7(13)6(12)11-4-3-8(9,10)5-11/h2-5H2,1H3. The predicted molar refractivity (Wildman–Crippen MR) is 42.8 cm³/mol. The average Bonchev–Trinajstić information content (AvgIpc) is 2.45. The van der Waals surface area contributed by atoms with Crippen molar-refractivity contribution in [2.75, 3.05) is 19.7 Å². The van der Waals surface area contributed by atoms with Gasteiger partial charge in [-0.2, -0.15) is 0 Å². The van der Waals surface area contributed by atoms with Gasteiger partial charge in [0.25, 0.3) is 5.92 Å². The maximum atomic E-state index is 12.7. The Labute approximate surface area is 79.8 Å². The van der Waals surface area contributed by atoms with Crippen molar-refractivity contribution in [2.45, 2.75) is 19.3 Å². The molecule has 0 radical (unpaired) electrons. The zero-order chi connectivity index (χ0) is 10.8. The Kier molecular flexibility index (Phi) is 3.03. The quantitative estimate of drug-likeness (QED) is 0.462. The monoisotopic (exact) mass is 207 g/mol. The van der Waals surface area contributed by atoms with E-state index in [0.29, 0.717) is 0 Å². The summed E-state index contributed by atoms with van der Waals surface area (Å²) in [5, 5.41) is 0. The zero-order valence-electron chi connectivity index (χ0n) is 7.76. The molecule has 4 nitrogen and oxygen atoms in total. The molecule has 6 heteroatoms. The van der Waals surface area contributed by atoms with E-state index in [9.17, 15) is 18.4 Å². The lowest BCUT2D eigenvalue weighted by molar-refractivity contribution is -0.159. The fourth-order valence-electron chi connectivity index (χ4n) is 1.23. The van der Waals surface area contributed by atoms with Crippen LogP contribution in [-0.2, 0) is 14.3 Å². The Morgan fingerprint density at radius 2 is 2.14 bits per heavy atom. The molecule has 0 atom stereocenters. The molecule has 0 aliphatic carbocycles. The molecular formula is C8H11F2NO3. The smallest absolute Gasteiger partial charge is 0.397 e. The number of esters is 1. The van der Waals surface area contributed by atoms with E-state index >= 15 is 0 Å². The molecule has 1 amide bonds. The average molecular weight is 207 g/mol. The van der Waals surface area contributed by atoms with Gasteiger partial charge in [-0.3, -0.25) is 4.79 Å². The van der Waals surface area contributed by atoms with Crippen molar-refractivity contribution < 1.29 is 23.1 Å². The lowest BCUT2D eigenvalue weighted by atomic mass is 10.3. The van der Waals surface area contributed by atoms with E-state index in [2.05, 4.69) is 4.74 Å². The lowest BCUT2D eigenvalue weighted by Gasteiger charge is -2.14. The molecule has 0 aromatic carbocycles. The Bertz CT molecular complexity index is 255. The van der Waals surface area contributed by atoms with E-state index in [1.165, 1.54) is 0 Å². The SMILES string of the molecule is CCOC(=O)C(=O)N1CCC(F)(F)C1. The molecule has 1 aliphatic rings. The van der Waals surface area contributed by atoms with Crippen LogP contribution in [0.15, 0.2) is 0 Å². The molecule has 0 aromatic rings. The van der Waals surface area contributed by atoms with Gasteiger partial charge >= 0.3 is 11.9 Å². The van der Waals surface area contributed by atoms with Crippen molar-refractivity contribution in [3.63, 3.8) is 0 Å². The highest BCUT2D eigenvalue weighted by molar-refractivity contribution is 6.32. The van der Waals surface area contributed by atoms with Gasteiger partial charge in [-0.15, -0.1) is 0 Å². The number of carbonyl (C=O) groups is 2. The number of carbonyl (C=O) groups excluding carboxylic acids is 2. The van der Waals surface area contributed by atoms with E-state index < -0.39 is 30.8 Å². The number of rotatable bonds is 1. The number of amides is 1. The van der Waals surface area contributed by atoms with Gasteiger partial charge < -0.3 is 9.64 Å². The maximum absolute atomic E-state index is 12.7. The molecule has 1 fully saturated rings. The zero-order valence-corrected chi connectivity index (χ0v) is 7.76. The highest BCUT2D eigenvalue weighted by Crippen LogP contribution is 2.26. The van der Waals surface area contributed by atoms with Gasteiger partial charge in [-0.25, -0.2) is 13.6 Å². The van der Waals surface area contributed by atoms with E-state index in [-0.39, 0.29) is 13.2 Å². The maximum Gasteiger partial charge on any atom is 0.397 e. The Morgan fingerprint density at radius 3 is 2.57 bits per heavy atom. The summed E-state index contributed by atoms with van der Waals surface area (Å²) in [6.45, 7) is 0.827. The fourth-order valence-corrected chi connectivity index (χ4v) is 1.23. The number of alkyl halides is 2. The van der Waals surface area contributed by atoms with Crippen LogP contribution in [-0.4, -0.2) is 42.4 Å². The molecule has 0 saturated carbocycles. The molecule has 0 unspecified atom stereocenters. The van der Waals surface area contributed by atoms with Gasteiger partial charge in [-0.05, 0) is 6.92 Å². The van der Waals surface area contributed by atoms with Crippen LogP contribution in [0.1, 0.15) is 13.3 Å². The minimum Gasteiger partial charge on any atom is -0.459 e. The first-order valence-electron chi connectivity index (χ1n) is 4.30. The topological polar surface area (TPSA) is 46.6 Å². The van der Waals surface area contributed by atoms with Crippen LogP contribution in [0.4, 0.5) is 8.78 Å². The summed E-state index contributed by atoms with van der Waals surface area (Å²) in [7, 11) is 0. The fraction of sp³-hybridized carbons (Fsp3) is 0.750. The van der Waals surface area contributed by atoms with E-state index in [1.807, 2.05) is 0 Å². The molecule has 1 saturated heterocycles. The first-order chi connectivity index (χ1) is 6.46. The van der Waals surface area contributed by atoms with Crippen molar-refractivity contribution in [2.24, 2.45) is 0 Å². The van der Waals surface area contributed by atoms with E-state index in [4.69, 9.17) is 0 Å². The minimum absolute atomic E-state index is 0.0643. The molecule has 80 valence electrons. The van der Waals surface area contributed by atoms with Crippen molar-refractivity contribution in [1.82, 2.24) is 4.90 Å². The normalized spacial score (nSPS) is 19.5. The Hall–Kier alpha value is -1.20. The number of likely N-dealkylation sites (tertiary alicyclic amines) is 1. The summed E-state index contributed by atoms with van der Waals surface area (Å²) in [5.41, 5.74) is 0. The summed E-state index contributed by atoms with van der Waals surface area (Å²) >= 11 is 0. The molecule has 0 spiro atoms. The number of hydrogen-bond acceptors (Lipinski definition) is 3. The van der Waals surface area contributed by atoms with E-state index in [1.54, 1.807) is 6.92 Å². The molecule has 0 N–H and O–H groups in total. The highest BCUT2D eigenvalue weighted by Gasteiger charge is 2.42. The highest BCUT2D eigenvalue weighted by atomic mass is 19.3. The van der Waals surface area contributed by atoms with Gasteiger partial charge in [0.1, 0.15) is 0 Å². The van der Waals surface area contributed by atoms with Crippen molar-refractivity contribution in [1.29, 1.82) is 0 Å². The van der Waals surface area contributed by atoms with Crippen LogP contribution in [0.5, 0.6) is 0 Å². The summed E-state index contributed by atoms with van der Waals surface area (Å²) in [4.78, 5) is 22.8. The van der Waals surface area contributed by atoms with E-state index in [0.717, 1.165) is 4.90 Å². The Balaban J connectivity index is 2.51. The second-order valence-electron chi connectivity index (χ2n) is 3.05. The first-order valence-corrected chi connectivity index (χ1v) is 4.30. The number of nitrogens with zero attached hydrogens (tertiary/aromatic N) is 1. The van der Waals surface area contributed by atoms with Crippen LogP contribution in [0.25, 0.3) is 0 Å². The van der Waals surface area contributed by atoms with Gasteiger partial charge in [0.15, 0.2) is 0 Å². The second kappa shape index (κ2) is 3.89. The number of ether oxygens (including phenoxy) is 1. The third-order valence-electron chi connectivity index (χ3n) is 1.91. The van der Waals surface area contributed by atoms with Crippen LogP contribution in [0, 0.1) is 0 Å². The van der Waals surface area contributed by atoms with Gasteiger partial charge in [0, 0.05) is 13.0 Å². The van der Waals surface area contributed by atoms with Gasteiger partial charge in [0.05, 0.1) is 13.2 Å². The summed E-state index contributed by atoms with van der Waals surface area (Å²) in [6, 6.07) is 0. The largest absolute Gasteiger partial charge is 0.459 e. The van der Waals surface area contributed by atoms with Crippen molar-refractivity contribution >= 4 is 11.9 Å². The molecule has 0 bridgehead atoms. The predicted octanol–water partition coefficient (Wildman–Crippen LogP) is 0.417. The summed E-state index contributed by atoms with van der Waals surface area (Å²) in [6.07, 6.45) is -0.391. The molecular weight excluding hydrogens is 196 g/mol. The van der Waals surface area contributed by atoms with Gasteiger partial charge in [-0.1, -0.05) is 0 Å².